The molecule has 3 heterocycles. The standard InChI is InChI=1S/C31H21F3N4O4/c32-31(33,34)18-9-11-21-24(15-18)35-14-13-27(21)42-20-10-12-28(36-17-20)37-29(40)23-16-22-25(7-4-8-26(22)39)38(30(23)41)19-5-2-1-3-6-19/h1-3,5-6,9-17H,4,7-8H2,(H,36,37,40). The molecule has 2 aromatic carbocycles. The van der Waals surface area contributed by atoms with Crippen LogP contribution in [-0.2, 0) is 12.6 Å². The highest BCUT2D eigenvalue weighted by Gasteiger charge is 2.31. The van der Waals surface area contributed by atoms with Crippen molar-refractivity contribution in [2.24, 2.45) is 0 Å². The molecule has 1 aliphatic carbocycles. The third kappa shape index (κ3) is 5.12. The van der Waals surface area contributed by atoms with E-state index in [1.54, 1.807) is 24.3 Å². The number of amides is 1. The third-order valence-corrected chi connectivity index (χ3v) is 6.92. The van der Waals surface area contributed by atoms with Crippen LogP contribution in [0.15, 0.2) is 90.0 Å². The number of alkyl halides is 3. The Morgan fingerprint density at radius 2 is 1.74 bits per heavy atom. The predicted molar refractivity (Wildman–Crippen MR) is 148 cm³/mol. The Balaban J connectivity index is 1.26. The Kier molecular flexibility index (Phi) is 6.77. The van der Waals surface area contributed by atoms with Gasteiger partial charge in [0.1, 0.15) is 22.9 Å². The minimum atomic E-state index is -4.50. The van der Waals surface area contributed by atoms with Crippen LogP contribution in [-0.4, -0.2) is 26.2 Å². The summed E-state index contributed by atoms with van der Waals surface area (Å²) in [5, 5.41) is 2.97. The molecule has 8 nitrogen and oxygen atoms in total. The summed E-state index contributed by atoms with van der Waals surface area (Å²) >= 11 is 0. The SMILES string of the molecule is O=C1CCCc2c1cc(C(=O)Nc1ccc(Oc3ccnc4cc(C(F)(F)F)ccc34)cn1)c(=O)n2-c1ccccc1. The van der Waals surface area contributed by atoms with Gasteiger partial charge in [0.05, 0.1) is 17.3 Å². The Morgan fingerprint density at radius 1 is 0.929 bits per heavy atom. The first kappa shape index (κ1) is 26.9. The number of ketones is 1. The number of ether oxygens (including phenoxy) is 1. The number of carbonyl (C=O) groups is 2. The summed E-state index contributed by atoms with van der Waals surface area (Å²) in [5.41, 5.74) is 0.0299. The number of hydrogen-bond acceptors (Lipinski definition) is 6. The van der Waals surface area contributed by atoms with E-state index < -0.39 is 23.2 Å². The van der Waals surface area contributed by atoms with Gasteiger partial charge in [-0.15, -0.1) is 0 Å². The molecule has 0 radical (unpaired) electrons. The average Bonchev–Trinajstić information content (AvgIpc) is 2.98. The number of hydrogen-bond donors (Lipinski definition) is 1. The van der Waals surface area contributed by atoms with Crippen molar-refractivity contribution in [2.45, 2.75) is 25.4 Å². The monoisotopic (exact) mass is 570 g/mol. The maximum atomic E-state index is 13.5. The molecule has 1 N–H and O–H groups in total. The van der Waals surface area contributed by atoms with Crippen molar-refractivity contribution in [3.63, 3.8) is 0 Å². The Bertz CT molecular complexity index is 1900. The van der Waals surface area contributed by atoms with E-state index in [9.17, 15) is 27.6 Å². The number of carbonyl (C=O) groups excluding carboxylic acids is 2. The van der Waals surface area contributed by atoms with Crippen LogP contribution in [0.4, 0.5) is 19.0 Å². The maximum Gasteiger partial charge on any atom is 0.416 e. The van der Waals surface area contributed by atoms with Gasteiger partial charge in [-0.2, -0.15) is 13.2 Å². The topological polar surface area (TPSA) is 103 Å². The van der Waals surface area contributed by atoms with Crippen molar-refractivity contribution in [3.05, 3.63) is 118 Å². The van der Waals surface area contributed by atoms with E-state index in [0.717, 1.165) is 12.1 Å². The van der Waals surface area contributed by atoms with Crippen molar-refractivity contribution in [2.75, 3.05) is 5.32 Å². The molecule has 1 aliphatic rings. The van der Waals surface area contributed by atoms with Gasteiger partial charge in [-0.05, 0) is 67.4 Å². The summed E-state index contributed by atoms with van der Waals surface area (Å²) in [7, 11) is 0. The quantitative estimate of drug-likeness (QED) is 0.264. The predicted octanol–water partition coefficient (Wildman–Crippen LogP) is 6.36. The highest BCUT2D eigenvalue weighted by atomic mass is 19.4. The first-order valence-electron chi connectivity index (χ1n) is 13.0. The third-order valence-electron chi connectivity index (χ3n) is 6.92. The molecule has 0 atom stereocenters. The van der Waals surface area contributed by atoms with Gasteiger partial charge in [-0.25, -0.2) is 4.98 Å². The summed E-state index contributed by atoms with van der Waals surface area (Å²) < 4.78 is 46.5. The Hall–Kier alpha value is -5.32. The minimum absolute atomic E-state index is 0.115. The fourth-order valence-electron chi connectivity index (χ4n) is 4.92. The number of nitrogens with zero attached hydrogens (tertiary/aromatic N) is 3. The van der Waals surface area contributed by atoms with Crippen LogP contribution in [0, 0.1) is 0 Å². The van der Waals surface area contributed by atoms with E-state index in [2.05, 4.69) is 15.3 Å². The fraction of sp³-hybridized carbons (Fsp3) is 0.129. The lowest BCUT2D eigenvalue weighted by Crippen LogP contribution is -2.33. The molecule has 0 fully saturated rings. The Labute approximate surface area is 236 Å². The smallest absolute Gasteiger partial charge is 0.416 e. The van der Waals surface area contributed by atoms with Gasteiger partial charge in [0, 0.05) is 34.9 Å². The second-order valence-electron chi connectivity index (χ2n) is 9.65. The van der Waals surface area contributed by atoms with E-state index in [0.29, 0.717) is 41.6 Å². The lowest BCUT2D eigenvalue weighted by molar-refractivity contribution is -0.137. The first-order chi connectivity index (χ1) is 20.2. The number of para-hydroxylation sites is 1. The number of rotatable bonds is 5. The number of Topliss-reactive ketones (excluding diaryl/α,β-unsaturated/α-hetero) is 1. The van der Waals surface area contributed by atoms with Crippen LogP contribution < -0.4 is 15.6 Å². The van der Waals surface area contributed by atoms with Gasteiger partial charge >= 0.3 is 6.18 Å². The molecular formula is C31H21F3N4O4. The van der Waals surface area contributed by atoms with E-state index >= 15 is 0 Å². The normalized spacial score (nSPS) is 13.1. The zero-order valence-electron chi connectivity index (χ0n) is 21.8. The largest absolute Gasteiger partial charge is 0.455 e. The van der Waals surface area contributed by atoms with Gasteiger partial charge in [0.2, 0.25) is 0 Å². The Morgan fingerprint density at radius 3 is 2.48 bits per heavy atom. The van der Waals surface area contributed by atoms with Gasteiger partial charge < -0.3 is 10.1 Å². The molecule has 0 unspecified atom stereocenters. The second kappa shape index (κ2) is 10.6. The summed E-state index contributed by atoms with van der Waals surface area (Å²) in [6.07, 6.45) is -0.352. The lowest BCUT2D eigenvalue weighted by Gasteiger charge is -2.21. The molecule has 1 amide bonds. The number of pyridine rings is 3. The average molecular weight is 571 g/mol. The number of aromatic nitrogens is 3. The summed E-state index contributed by atoms with van der Waals surface area (Å²) in [6, 6.07) is 17.8. The first-order valence-corrected chi connectivity index (χ1v) is 13.0. The van der Waals surface area contributed by atoms with Gasteiger partial charge in [0.15, 0.2) is 5.78 Å². The molecule has 6 rings (SSSR count). The zero-order chi connectivity index (χ0) is 29.4. The van der Waals surface area contributed by atoms with E-state index in [-0.39, 0.29) is 34.2 Å². The highest BCUT2D eigenvalue weighted by Crippen LogP contribution is 2.34. The van der Waals surface area contributed by atoms with Crippen LogP contribution >= 0.6 is 0 Å². The second-order valence-corrected chi connectivity index (χ2v) is 9.65. The van der Waals surface area contributed by atoms with E-state index in [1.807, 2.05) is 6.07 Å². The van der Waals surface area contributed by atoms with Crippen molar-refractivity contribution >= 4 is 28.4 Å². The van der Waals surface area contributed by atoms with Crippen molar-refractivity contribution in [3.8, 4) is 17.2 Å². The van der Waals surface area contributed by atoms with E-state index in [1.165, 1.54) is 47.3 Å². The molecule has 42 heavy (non-hydrogen) atoms. The van der Waals surface area contributed by atoms with Crippen LogP contribution in [0.3, 0.4) is 0 Å². The zero-order valence-corrected chi connectivity index (χ0v) is 21.8. The maximum absolute atomic E-state index is 13.5. The summed E-state index contributed by atoms with van der Waals surface area (Å²) in [6.45, 7) is 0. The molecule has 0 bridgehead atoms. The van der Waals surface area contributed by atoms with Crippen LogP contribution in [0.25, 0.3) is 16.6 Å². The number of nitrogens with one attached hydrogen (secondary N) is 1. The van der Waals surface area contributed by atoms with Gasteiger partial charge in [-0.1, -0.05) is 18.2 Å². The molecule has 0 spiro atoms. The summed E-state index contributed by atoms with van der Waals surface area (Å²) in [4.78, 5) is 47.6. The highest BCUT2D eigenvalue weighted by molar-refractivity contribution is 6.06. The fourth-order valence-corrected chi connectivity index (χ4v) is 4.92. The van der Waals surface area contributed by atoms with E-state index in [4.69, 9.17) is 4.74 Å². The molecule has 0 aliphatic heterocycles. The molecular weight excluding hydrogens is 549 g/mol. The minimum Gasteiger partial charge on any atom is -0.455 e. The number of halogens is 3. The number of anilines is 1. The van der Waals surface area contributed by atoms with Crippen molar-refractivity contribution < 1.29 is 27.5 Å². The van der Waals surface area contributed by atoms with Gasteiger partial charge in [-0.3, -0.25) is 23.9 Å². The molecule has 3 aromatic heterocycles. The van der Waals surface area contributed by atoms with Crippen LogP contribution in [0.2, 0.25) is 0 Å². The van der Waals surface area contributed by atoms with Crippen molar-refractivity contribution in [1.29, 1.82) is 0 Å². The molecule has 11 heteroatoms. The van der Waals surface area contributed by atoms with Crippen LogP contribution in [0.5, 0.6) is 11.5 Å². The number of fused-ring (bicyclic) bond motifs is 2. The van der Waals surface area contributed by atoms with Crippen LogP contribution in [0.1, 0.15) is 44.8 Å². The molecule has 0 saturated carbocycles. The summed E-state index contributed by atoms with van der Waals surface area (Å²) in [5.74, 6) is -0.212. The van der Waals surface area contributed by atoms with Gasteiger partial charge in [0.25, 0.3) is 11.5 Å². The van der Waals surface area contributed by atoms with Crippen molar-refractivity contribution in [1.82, 2.24) is 14.5 Å². The molecule has 210 valence electrons. The molecule has 0 saturated heterocycles. The number of benzene rings is 2. The molecule has 5 aromatic rings. The lowest BCUT2D eigenvalue weighted by atomic mass is 9.92.